The monoisotopic (exact) mass is 453 g/mol. The molecule has 1 aromatic heterocycles. The Morgan fingerprint density at radius 3 is 2.77 bits per heavy atom. The molecule has 30 heavy (non-hydrogen) atoms. The largest absolute Gasteiger partial charge is 0.377 e. The van der Waals surface area contributed by atoms with Crippen LogP contribution in [0, 0.1) is 12.3 Å². The molecule has 2 aromatic rings. The molecule has 0 spiro atoms. The summed E-state index contributed by atoms with van der Waals surface area (Å²) in [5, 5.41) is 15.3. The second-order valence-electron chi connectivity index (χ2n) is 7.92. The van der Waals surface area contributed by atoms with Crippen molar-refractivity contribution in [3.8, 4) is 12.3 Å². The molecule has 0 bridgehead atoms. The predicted molar refractivity (Wildman–Crippen MR) is 109 cm³/mol. The van der Waals surface area contributed by atoms with E-state index in [0.717, 1.165) is 0 Å². The Kier molecular flexibility index (Phi) is 5.08. The van der Waals surface area contributed by atoms with Crippen LogP contribution in [-0.2, 0) is 25.4 Å². The van der Waals surface area contributed by atoms with Crippen LogP contribution in [0.1, 0.15) is 47.1 Å². The van der Waals surface area contributed by atoms with Gasteiger partial charge in [-0.15, -0.1) is 6.42 Å². The summed E-state index contributed by atoms with van der Waals surface area (Å²) in [5.74, 6) is -1.62. The highest BCUT2D eigenvalue weighted by Crippen LogP contribution is 2.44. The summed E-state index contributed by atoms with van der Waals surface area (Å²) < 4.78 is 31.5. The van der Waals surface area contributed by atoms with Crippen molar-refractivity contribution in [1.29, 1.82) is 0 Å². The van der Waals surface area contributed by atoms with Crippen molar-refractivity contribution in [3.05, 3.63) is 50.8 Å². The first-order valence-electron chi connectivity index (χ1n) is 9.48. The molecule has 1 N–H and O–H groups in total. The van der Waals surface area contributed by atoms with Crippen molar-refractivity contribution in [2.75, 3.05) is 0 Å². The van der Waals surface area contributed by atoms with Crippen LogP contribution in [0.2, 0.25) is 10.0 Å². The molecule has 2 aliphatic heterocycles. The fourth-order valence-corrected chi connectivity index (χ4v) is 4.48. The summed E-state index contributed by atoms with van der Waals surface area (Å²) in [5.41, 5.74) is -1.00. The number of nitrogens with zero attached hydrogens (tertiary/aromatic N) is 3. The SMILES string of the molecule is C#C[C@]1(O)CCn2nc3c(c2C(F)(F)C1)CN(C(=O)c1ccc(Cl)c(Cl)c1)[C@H](C)C3. The smallest absolute Gasteiger partial charge is 0.293 e. The minimum absolute atomic E-state index is 0.0189. The second-order valence-corrected chi connectivity index (χ2v) is 8.73. The zero-order valence-corrected chi connectivity index (χ0v) is 17.6. The van der Waals surface area contributed by atoms with Gasteiger partial charge in [0.2, 0.25) is 0 Å². The van der Waals surface area contributed by atoms with Crippen LogP contribution in [0.25, 0.3) is 0 Å². The summed E-state index contributed by atoms with van der Waals surface area (Å²) in [6.07, 6.45) is 4.74. The Bertz CT molecular complexity index is 1080. The fourth-order valence-electron chi connectivity index (χ4n) is 4.19. The number of aryl methyl sites for hydroxylation is 1. The molecule has 0 unspecified atom stereocenters. The number of benzene rings is 1. The number of hydrogen-bond donors (Lipinski definition) is 1. The van der Waals surface area contributed by atoms with Gasteiger partial charge in [-0.05, 0) is 25.1 Å². The highest BCUT2D eigenvalue weighted by atomic mass is 35.5. The molecule has 3 heterocycles. The van der Waals surface area contributed by atoms with Crippen molar-refractivity contribution >= 4 is 29.1 Å². The summed E-state index contributed by atoms with van der Waals surface area (Å²) >= 11 is 12.0. The molecule has 1 amide bonds. The van der Waals surface area contributed by atoms with Gasteiger partial charge in [0.05, 0.1) is 28.7 Å². The molecule has 0 radical (unpaired) electrons. The lowest BCUT2D eigenvalue weighted by Gasteiger charge is -2.34. The van der Waals surface area contributed by atoms with Gasteiger partial charge in [0, 0.05) is 36.6 Å². The van der Waals surface area contributed by atoms with Crippen LogP contribution < -0.4 is 0 Å². The molecule has 0 aliphatic carbocycles. The standard InChI is InChI=1S/C21H19Cl2F2N3O2/c1-3-20(30)6-7-28-18(21(24,25)11-20)14-10-27(12(2)8-17(14)26-28)19(29)13-4-5-15(22)16(23)9-13/h1,4-5,9,12,30H,6-8,10-11H2,2H3/t12-,20+/m1/s1. The zero-order chi connectivity index (χ0) is 21.8. The topological polar surface area (TPSA) is 58.4 Å². The van der Waals surface area contributed by atoms with Crippen LogP contribution >= 0.6 is 23.2 Å². The van der Waals surface area contributed by atoms with E-state index in [2.05, 4.69) is 11.0 Å². The maximum atomic E-state index is 15.2. The van der Waals surface area contributed by atoms with Crippen LogP contribution in [-0.4, -0.2) is 37.3 Å². The average Bonchev–Trinajstić information content (AvgIpc) is 3.00. The van der Waals surface area contributed by atoms with Crippen molar-refractivity contribution < 1.29 is 18.7 Å². The summed E-state index contributed by atoms with van der Waals surface area (Å²) in [4.78, 5) is 14.6. The summed E-state index contributed by atoms with van der Waals surface area (Å²) in [7, 11) is 0. The number of carbonyl (C=O) groups excluding carboxylic acids is 1. The number of carbonyl (C=O) groups is 1. The second kappa shape index (κ2) is 7.23. The van der Waals surface area contributed by atoms with Crippen LogP contribution in [0.4, 0.5) is 8.78 Å². The maximum absolute atomic E-state index is 15.2. The van der Waals surface area contributed by atoms with Gasteiger partial charge in [-0.1, -0.05) is 29.1 Å². The van der Waals surface area contributed by atoms with E-state index < -0.39 is 17.9 Å². The molecule has 4 rings (SSSR count). The Morgan fingerprint density at radius 2 is 2.10 bits per heavy atom. The Morgan fingerprint density at radius 1 is 1.37 bits per heavy atom. The third kappa shape index (κ3) is 3.47. The number of alkyl halides is 2. The third-order valence-electron chi connectivity index (χ3n) is 5.78. The lowest BCUT2D eigenvalue weighted by molar-refractivity contribution is -0.0715. The van der Waals surface area contributed by atoms with E-state index in [1.807, 2.05) is 6.92 Å². The molecule has 0 saturated heterocycles. The molecule has 158 valence electrons. The van der Waals surface area contributed by atoms with Gasteiger partial charge in [0.1, 0.15) is 11.3 Å². The van der Waals surface area contributed by atoms with E-state index in [1.54, 1.807) is 6.07 Å². The minimum atomic E-state index is -3.38. The average molecular weight is 454 g/mol. The number of rotatable bonds is 1. The molecule has 1 aromatic carbocycles. The van der Waals surface area contributed by atoms with E-state index in [-0.39, 0.29) is 42.2 Å². The molecule has 2 aliphatic rings. The Balaban J connectivity index is 1.71. The van der Waals surface area contributed by atoms with Gasteiger partial charge in [0.25, 0.3) is 11.8 Å². The first-order chi connectivity index (χ1) is 14.0. The van der Waals surface area contributed by atoms with E-state index >= 15 is 8.78 Å². The van der Waals surface area contributed by atoms with Crippen LogP contribution in [0.5, 0.6) is 0 Å². The van der Waals surface area contributed by atoms with Crippen LogP contribution in [0.3, 0.4) is 0 Å². The normalized spacial score (nSPS) is 25.1. The van der Waals surface area contributed by atoms with E-state index in [9.17, 15) is 9.90 Å². The van der Waals surface area contributed by atoms with Crippen molar-refractivity contribution in [2.45, 2.75) is 56.8 Å². The highest BCUT2D eigenvalue weighted by molar-refractivity contribution is 6.42. The number of halogens is 4. The Labute approximate surface area is 182 Å². The molecule has 2 atom stereocenters. The number of aliphatic hydroxyl groups is 1. The summed E-state index contributed by atoms with van der Waals surface area (Å²) in [6.45, 7) is 1.90. The van der Waals surface area contributed by atoms with Gasteiger partial charge in [-0.2, -0.15) is 13.9 Å². The predicted octanol–water partition coefficient (Wildman–Crippen LogP) is 4.03. The zero-order valence-electron chi connectivity index (χ0n) is 16.1. The molecule has 0 fully saturated rings. The molecule has 9 heteroatoms. The first-order valence-corrected chi connectivity index (χ1v) is 10.2. The Hall–Kier alpha value is -2.14. The lowest BCUT2D eigenvalue weighted by atomic mass is 9.90. The lowest BCUT2D eigenvalue weighted by Crippen LogP contribution is -2.43. The molecular formula is C21H19Cl2F2N3O2. The van der Waals surface area contributed by atoms with Gasteiger partial charge < -0.3 is 10.0 Å². The number of hydrogen-bond acceptors (Lipinski definition) is 3. The fraction of sp³-hybridized carbons (Fsp3) is 0.429. The summed E-state index contributed by atoms with van der Waals surface area (Å²) in [6, 6.07) is 4.31. The van der Waals surface area contributed by atoms with Crippen molar-refractivity contribution in [3.63, 3.8) is 0 Å². The van der Waals surface area contributed by atoms with Crippen LogP contribution in [0.15, 0.2) is 18.2 Å². The minimum Gasteiger partial charge on any atom is -0.377 e. The number of amides is 1. The number of aromatic nitrogens is 2. The quantitative estimate of drug-likeness (QED) is 0.663. The first kappa shape index (κ1) is 21.1. The van der Waals surface area contributed by atoms with E-state index in [1.165, 1.54) is 21.7 Å². The van der Waals surface area contributed by atoms with Gasteiger partial charge in [-0.3, -0.25) is 9.48 Å². The van der Waals surface area contributed by atoms with E-state index in [0.29, 0.717) is 28.3 Å². The number of terminal acetylenes is 1. The van der Waals surface area contributed by atoms with Gasteiger partial charge >= 0.3 is 0 Å². The van der Waals surface area contributed by atoms with Gasteiger partial charge in [-0.25, -0.2) is 0 Å². The maximum Gasteiger partial charge on any atom is 0.293 e. The van der Waals surface area contributed by atoms with Crippen molar-refractivity contribution in [2.24, 2.45) is 0 Å². The van der Waals surface area contributed by atoms with Gasteiger partial charge in [0.15, 0.2) is 0 Å². The molecule has 5 nitrogen and oxygen atoms in total. The molecular weight excluding hydrogens is 435 g/mol. The third-order valence-corrected chi connectivity index (χ3v) is 6.52. The molecule has 0 saturated carbocycles. The van der Waals surface area contributed by atoms with Crippen molar-refractivity contribution in [1.82, 2.24) is 14.7 Å². The highest BCUT2D eigenvalue weighted by Gasteiger charge is 2.49. The number of fused-ring (bicyclic) bond motifs is 3. The van der Waals surface area contributed by atoms with E-state index in [4.69, 9.17) is 29.6 Å².